The number of ether oxygens (including phenoxy) is 2. The summed E-state index contributed by atoms with van der Waals surface area (Å²) in [6.07, 6.45) is -0.529. The second-order valence-electron chi connectivity index (χ2n) is 4.70. The molecule has 0 radical (unpaired) electrons. The van der Waals surface area contributed by atoms with Crippen molar-refractivity contribution in [1.29, 1.82) is 0 Å². The van der Waals surface area contributed by atoms with Gasteiger partial charge < -0.3 is 14.8 Å². The highest BCUT2D eigenvalue weighted by Gasteiger charge is 2.35. The maximum atomic E-state index is 11.8. The van der Waals surface area contributed by atoms with E-state index in [0.717, 1.165) is 0 Å². The van der Waals surface area contributed by atoms with Crippen molar-refractivity contribution >= 4 is 12.1 Å². The fourth-order valence-electron chi connectivity index (χ4n) is 1.84. The maximum Gasteiger partial charge on any atom is 0.407 e. The van der Waals surface area contributed by atoms with E-state index in [1.165, 1.54) is 14.2 Å². The Morgan fingerprint density at radius 3 is 1.76 bits per heavy atom. The summed E-state index contributed by atoms with van der Waals surface area (Å²) in [6.45, 7) is 7.74. The lowest BCUT2D eigenvalue weighted by atomic mass is 9.82. The van der Waals surface area contributed by atoms with Gasteiger partial charge in [0, 0.05) is 6.04 Å². The molecule has 0 bridgehead atoms. The number of carbonyl (C=O) groups is 2. The fraction of sp³-hybridized carbons (Fsp3) is 0.833. The van der Waals surface area contributed by atoms with Crippen LogP contribution in [0.25, 0.3) is 0 Å². The molecule has 0 heterocycles. The number of hydrogen-bond acceptors (Lipinski definition) is 4. The molecule has 0 aromatic rings. The zero-order valence-corrected chi connectivity index (χ0v) is 11.4. The number of nitrogens with one attached hydrogen (secondary N) is 1. The van der Waals surface area contributed by atoms with E-state index in [2.05, 4.69) is 10.1 Å². The average Bonchev–Trinajstić information content (AvgIpc) is 2.26. The molecular formula is C12H23NO4. The van der Waals surface area contributed by atoms with Crippen molar-refractivity contribution in [2.24, 2.45) is 17.8 Å². The molecule has 100 valence electrons. The number of rotatable bonds is 5. The van der Waals surface area contributed by atoms with Gasteiger partial charge in [-0.25, -0.2) is 4.79 Å². The number of alkyl carbamates (subject to hydrolysis) is 1. The number of esters is 1. The summed E-state index contributed by atoms with van der Waals surface area (Å²) in [6, 6.07) is -0.296. The van der Waals surface area contributed by atoms with Crippen LogP contribution in [0.1, 0.15) is 27.7 Å². The largest absolute Gasteiger partial charge is 0.469 e. The van der Waals surface area contributed by atoms with Gasteiger partial charge in [-0.05, 0) is 11.8 Å². The second kappa shape index (κ2) is 7.14. The van der Waals surface area contributed by atoms with E-state index < -0.39 is 6.09 Å². The molecule has 1 N–H and O–H groups in total. The number of methoxy groups -OCH3 is 2. The molecule has 0 aliphatic heterocycles. The Bertz CT molecular complexity index is 263. The minimum atomic E-state index is -0.529. The first kappa shape index (κ1) is 15.7. The van der Waals surface area contributed by atoms with Crippen molar-refractivity contribution in [3.63, 3.8) is 0 Å². The molecule has 5 heteroatoms. The Labute approximate surface area is 103 Å². The van der Waals surface area contributed by atoms with Crippen molar-refractivity contribution in [1.82, 2.24) is 5.32 Å². The second-order valence-corrected chi connectivity index (χ2v) is 4.70. The maximum absolute atomic E-state index is 11.8. The summed E-state index contributed by atoms with van der Waals surface area (Å²) in [5, 5.41) is 2.70. The molecule has 0 unspecified atom stereocenters. The standard InChI is InChI=1S/C12H23NO4/c1-7(2)9(11(14)16-5)10(8(3)4)13-12(15)17-6/h7-10H,1-6H3,(H,13,15)/t9-,10-/m0/s1. The zero-order chi connectivity index (χ0) is 13.6. The molecule has 0 aromatic heterocycles. The van der Waals surface area contributed by atoms with Crippen molar-refractivity contribution in [3.8, 4) is 0 Å². The Morgan fingerprint density at radius 2 is 1.47 bits per heavy atom. The monoisotopic (exact) mass is 245 g/mol. The molecule has 0 fully saturated rings. The van der Waals surface area contributed by atoms with Gasteiger partial charge in [0.2, 0.25) is 0 Å². The molecule has 0 aliphatic carbocycles. The van der Waals surface area contributed by atoms with Crippen LogP contribution in [0.3, 0.4) is 0 Å². The predicted molar refractivity (Wildman–Crippen MR) is 64.5 cm³/mol. The van der Waals surface area contributed by atoms with Crippen LogP contribution in [-0.4, -0.2) is 32.3 Å². The van der Waals surface area contributed by atoms with Gasteiger partial charge in [0.05, 0.1) is 20.1 Å². The summed E-state index contributed by atoms with van der Waals surface area (Å²) in [4.78, 5) is 23.0. The Hall–Kier alpha value is -1.26. The first-order chi connectivity index (χ1) is 7.84. The van der Waals surface area contributed by atoms with Crippen LogP contribution in [0, 0.1) is 17.8 Å². The lowest BCUT2D eigenvalue weighted by Gasteiger charge is -2.31. The van der Waals surface area contributed by atoms with Crippen molar-refractivity contribution in [2.45, 2.75) is 33.7 Å². The van der Waals surface area contributed by atoms with Crippen LogP contribution >= 0.6 is 0 Å². The van der Waals surface area contributed by atoms with Crippen LogP contribution in [0.15, 0.2) is 0 Å². The highest BCUT2D eigenvalue weighted by Crippen LogP contribution is 2.22. The summed E-state index contributed by atoms with van der Waals surface area (Å²) in [5.74, 6) is -0.498. The summed E-state index contributed by atoms with van der Waals surface area (Å²) >= 11 is 0. The third kappa shape index (κ3) is 4.63. The first-order valence-electron chi connectivity index (χ1n) is 5.77. The molecule has 0 aliphatic rings. The van der Waals surface area contributed by atoms with Gasteiger partial charge in [0.25, 0.3) is 0 Å². The number of hydrogen-bond donors (Lipinski definition) is 1. The van der Waals surface area contributed by atoms with Gasteiger partial charge in [-0.15, -0.1) is 0 Å². The van der Waals surface area contributed by atoms with E-state index in [1.807, 2.05) is 27.7 Å². The fourth-order valence-corrected chi connectivity index (χ4v) is 1.84. The van der Waals surface area contributed by atoms with Gasteiger partial charge >= 0.3 is 12.1 Å². The van der Waals surface area contributed by atoms with Crippen molar-refractivity contribution < 1.29 is 19.1 Å². The molecule has 1 amide bonds. The number of amides is 1. The first-order valence-corrected chi connectivity index (χ1v) is 5.77. The lowest BCUT2D eigenvalue weighted by molar-refractivity contribution is -0.148. The minimum Gasteiger partial charge on any atom is -0.469 e. The lowest BCUT2D eigenvalue weighted by Crippen LogP contribution is -2.48. The van der Waals surface area contributed by atoms with Crippen LogP contribution in [0.4, 0.5) is 4.79 Å². The SMILES string of the molecule is COC(=O)N[C@@H](C(C)C)[C@@H](C(=O)OC)C(C)C. The van der Waals surface area contributed by atoms with Crippen LogP contribution in [0.2, 0.25) is 0 Å². The van der Waals surface area contributed by atoms with Gasteiger partial charge in [0.1, 0.15) is 0 Å². The number of carbonyl (C=O) groups excluding carboxylic acids is 2. The predicted octanol–water partition coefficient (Wildman–Crippen LogP) is 1.81. The van der Waals surface area contributed by atoms with Gasteiger partial charge in [-0.1, -0.05) is 27.7 Å². The Balaban J connectivity index is 4.96. The van der Waals surface area contributed by atoms with Crippen LogP contribution < -0.4 is 5.32 Å². The summed E-state index contributed by atoms with van der Waals surface area (Å²) in [5.41, 5.74) is 0. The highest BCUT2D eigenvalue weighted by atomic mass is 16.5. The van der Waals surface area contributed by atoms with E-state index in [1.54, 1.807) is 0 Å². The third-order valence-electron chi connectivity index (χ3n) is 2.77. The normalized spacial score (nSPS) is 14.4. The van der Waals surface area contributed by atoms with Gasteiger partial charge in [-0.3, -0.25) is 4.79 Å². The molecule has 2 atom stereocenters. The topological polar surface area (TPSA) is 64.6 Å². The minimum absolute atomic E-state index is 0.0759. The molecule has 0 saturated carbocycles. The smallest absolute Gasteiger partial charge is 0.407 e. The molecule has 0 rings (SSSR count). The molecule has 5 nitrogen and oxygen atoms in total. The quantitative estimate of drug-likeness (QED) is 0.750. The van der Waals surface area contributed by atoms with Crippen molar-refractivity contribution in [2.75, 3.05) is 14.2 Å². The van der Waals surface area contributed by atoms with Gasteiger partial charge in [-0.2, -0.15) is 0 Å². The average molecular weight is 245 g/mol. The molecular weight excluding hydrogens is 222 g/mol. The van der Waals surface area contributed by atoms with Crippen molar-refractivity contribution in [3.05, 3.63) is 0 Å². The Morgan fingerprint density at radius 1 is 0.941 bits per heavy atom. The van der Waals surface area contributed by atoms with E-state index in [9.17, 15) is 9.59 Å². The van der Waals surface area contributed by atoms with E-state index >= 15 is 0 Å². The highest BCUT2D eigenvalue weighted by molar-refractivity contribution is 5.75. The molecule has 0 saturated heterocycles. The summed E-state index contributed by atoms with van der Waals surface area (Å²) < 4.78 is 9.36. The van der Waals surface area contributed by atoms with E-state index in [4.69, 9.17) is 4.74 Å². The van der Waals surface area contributed by atoms with Crippen LogP contribution in [-0.2, 0) is 14.3 Å². The van der Waals surface area contributed by atoms with E-state index in [-0.39, 0.29) is 29.8 Å². The zero-order valence-electron chi connectivity index (χ0n) is 11.4. The van der Waals surface area contributed by atoms with Gasteiger partial charge in [0.15, 0.2) is 0 Å². The molecule has 0 aromatic carbocycles. The van der Waals surface area contributed by atoms with E-state index in [0.29, 0.717) is 0 Å². The molecule has 17 heavy (non-hydrogen) atoms. The Kier molecular flexibility index (Phi) is 6.61. The third-order valence-corrected chi connectivity index (χ3v) is 2.77. The molecule has 0 spiro atoms. The summed E-state index contributed by atoms with van der Waals surface area (Å²) in [7, 11) is 2.66. The van der Waals surface area contributed by atoms with Crippen LogP contribution in [0.5, 0.6) is 0 Å².